The Morgan fingerprint density at radius 1 is 1.12 bits per heavy atom. The van der Waals surface area contributed by atoms with Crippen molar-refractivity contribution in [1.29, 1.82) is 0 Å². The van der Waals surface area contributed by atoms with Crippen molar-refractivity contribution in [3.8, 4) is 0 Å². The molecule has 1 unspecified atom stereocenters. The fourth-order valence-corrected chi connectivity index (χ4v) is 2.69. The molecule has 0 fully saturated rings. The van der Waals surface area contributed by atoms with Crippen LogP contribution in [-0.4, -0.2) is 17.0 Å². The Morgan fingerprint density at radius 3 is 2.62 bits per heavy atom. The lowest BCUT2D eigenvalue weighted by atomic mass is 10.0. The molecule has 0 aliphatic heterocycles. The molecule has 0 aliphatic carbocycles. The van der Waals surface area contributed by atoms with E-state index in [2.05, 4.69) is 12.2 Å². The average Bonchev–Trinajstić information content (AvgIpc) is 2.93. The number of rotatable bonds is 6. The van der Waals surface area contributed by atoms with Crippen molar-refractivity contribution in [2.24, 2.45) is 0 Å². The molecule has 1 aromatic heterocycles. The van der Waals surface area contributed by atoms with E-state index in [-0.39, 0.29) is 18.2 Å². The van der Waals surface area contributed by atoms with Gasteiger partial charge in [-0.25, -0.2) is 4.79 Å². The van der Waals surface area contributed by atoms with Crippen LogP contribution < -0.4 is 11.1 Å². The number of hydrogen-bond donors (Lipinski definition) is 1. The van der Waals surface area contributed by atoms with Crippen LogP contribution in [0.25, 0.3) is 11.1 Å². The number of para-hydroxylation sites is 2. The molecule has 0 spiro atoms. The quantitative estimate of drug-likeness (QED) is 0.758. The lowest BCUT2D eigenvalue weighted by Crippen LogP contribution is -2.29. The standard InChI is InChI=1S/C19H20N2O3/c1-14(15-7-3-2-4-8-15)13-20-18(22)11-12-21-16-9-5-6-10-17(16)24-19(21)23/h2-10,14H,11-13H2,1H3,(H,20,22). The van der Waals surface area contributed by atoms with Crippen molar-refractivity contribution in [2.45, 2.75) is 25.8 Å². The van der Waals surface area contributed by atoms with Gasteiger partial charge in [-0.05, 0) is 23.6 Å². The number of carbonyl (C=O) groups is 1. The second-order valence-corrected chi connectivity index (χ2v) is 5.85. The minimum Gasteiger partial charge on any atom is -0.408 e. The zero-order chi connectivity index (χ0) is 16.9. The average molecular weight is 324 g/mol. The summed E-state index contributed by atoms with van der Waals surface area (Å²) in [5.74, 6) is -0.260. The van der Waals surface area contributed by atoms with Gasteiger partial charge < -0.3 is 9.73 Å². The number of hydrogen-bond acceptors (Lipinski definition) is 3. The summed E-state index contributed by atoms with van der Waals surface area (Å²) >= 11 is 0. The van der Waals surface area contributed by atoms with Gasteiger partial charge in [0.15, 0.2) is 5.58 Å². The minimum atomic E-state index is -0.429. The molecule has 0 saturated carbocycles. The monoisotopic (exact) mass is 324 g/mol. The third-order valence-electron chi connectivity index (χ3n) is 4.11. The van der Waals surface area contributed by atoms with Crippen LogP contribution in [0.3, 0.4) is 0 Å². The molecule has 0 radical (unpaired) electrons. The molecule has 124 valence electrons. The maximum atomic E-state index is 12.1. The van der Waals surface area contributed by atoms with Gasteiger partial charge in [-0.1, -0.05) is 49.4 Å². The van der Waals surface area contributed by atoms with Crippen molar-refractivity contribution in [1.82, 2.24) is 9.88 Å². The predicted molar refractivity (Wildman–Crippen MR) is 93.0 cm³/mol. The number of nitrogens with one attached hydrogen (secondary N) is 1. The Balaban J connectivity index is 1.56. The van der Waals surface area contributed by atoms with E-state index in [1.807, 2.05) is 48.5 Å². The molecule has 2 aromatic carbocycles. The van der Waals surface area contributed by atoms with Gasteiger partial charge in [-0.15, -0.1) is 0 Å². The fraction of sp³-hybridized carbons (Fsp3) is 0.263. The molecule has 5 nitrogen and oxygen atoms in total. The lowest BCUT2D eigenvalue weighted by molar-refractivity contribution is -0.121. The molecule has 1 N–H and O–H groups in total. The number of benzene rings is 2. The van der Waals surface area contributed by atoms with Crippen LogP contribution in [-0.2, 0) is 11.3 Å². The first-order valence-corrected chi connectivity index (χ1v) is 8.05. The zero-order valence-electron chi connectivity index (χ0n) is 13.6. The van der Waals surface area contributed by atoms with Crippen molar-refractivity contribution in [2.75, 3.05) is 6.54 Å². The van der Waals surface area contributed by atoms with Crippen molar-refractivity contribution in [3.05, 3.63) is 70.7 Å². The molecule has 24 heavy (non-hydrogen) atoms. The number of oxazole rings is 1. The summed E-state index contributed by atoms with van der Waals surface area (Å²) in [7, 11) is 0. The highest BCUT2D eigenvalue weighted by Gasteiger charge is 2.11. The van der Waals surface area contributed by atoms with E-state index in [0.29, 0.717) is 24.2 Å². The van der Waals surface area contributed by atoms with E-state index in [1.54, 1.807) is 6.07 Å². The Bertz CT molecular complexity index is 880. The van der Waals surface area contributed by atoms with E-state index in [1.165, 1.54) is 10.1 Å². The summed E-state index contributed by atoms with van der Waals surface area (Å²) in [6.45, 7) is 2.95. The summed E-state index contributed by atoms with van der Waals surface area (Å²) in [5.41, 5.74) is 2.45. The SMILES string of the molecule is CC(CNC(=O)CCn1c(=O)oc2ccccc21)c1ccccc1. The van der Waals surface area contributed by atoms with Crippen LogP contribution in [0.1, 0.15) is 24.8 Å². The number of carbonyl (C=O) groups excluding carboxylic acids is 1. The second kappa shape index (κ2) is 7.17. The topological polar surface area (TPSA) is 64.2 Å². The Kier molecular flexibility index (Phi) is 4.79. The van der Waals surface area contributed by atoms with Crippen LogP contribution in [0.2, 0.25) is 0 Å². The predicted octanol–water partition coefficient (Wildman–Crippen LogP) is 2.90. The van der Waals surface area contributed by atoms with Gasteiger partial charge in [-0.3, -0.25) is 9.36 Å². The Labute approximate surface area is 139 Å². The third-order valence-corrected chi connectivity index (χ3v) is 4.11. The molecule has 1 amide bonds. The van der Waals surface area contributed by atoms with E-state index in [9.17, 15) is 9.59 Å². The van der Waals surface area contributed by atoms with Gasteiger partial charge in [0.05, 0.1) is 5.52 Å². The molecule has 3 rings (SSSR count). The van der Waals surface area contributed by atoms with E-state index in [0.717, 1.165) is 0 Å². The molecular formula is C19H20N2O3. The molecule has 0 aliphatic rings. The van der Waals surface area contributed by atoms with E-state index >= 15 is 0 Å². The minimum absolute atomic E-state index is 0.0741. The highest BCUT2D eigenvalue weighted by atomic mass is 16.4. The number of fused-ring (bicyclic) bond motifs is 1. The maximum absolute atomic E-state index is 12.1. The van der Waals surface area contributed by atoms with Gasteiger partial charge in [0, 0.05) is 19.5 Å². The summed E-state index contributed by atoms with van der Waals surface area (Å²) < 4.78 is 6.66. The fourth-order valence-electron chi connectivity index (χ4n) is 2.69. The number of amides is 1. The van der Waals surface area contributed by atoms with Crippen LogP contribution in [0.15, 0.2) is 63.8 Å². The van der Waals surface area contributed by atoms with Gasteiger partial charge in [-0.2, -0.15) is 0 Å². The number of aryl methyl sites for hydroxylation is 1. The highest BCUT2D eigenvalue weighted by Crippen LogP contribution is 2.14. The van der Waals surface area contributed by atoms with Gasteiger partial charge in [0.2, 0.25) is 5.91 Å². The van der Waals surface area contributed by atoms with Crippen molar-refractivity contribution < 1.29 is 9.21 Å². The third kappa shape index (κ3) is 3.56. The molecule has 1 atom stereocenters. The molecule has 0 saturated heterocycles. The second-order valence-electron chi connectivity index (χ2n) is 5.85. The van der Waals surface area contributed by atoms with Gasteiger partial charge in [0.1, 0.15) is 0 Å². The van der Waals surface area contributed by atoms with Gasteiger partial charge in [0.25, 0.3) is 0 Å². The first kappa shape index (κ1) is 16.1. The van der Waals surface area contributed by atoms with Gasteiger partial charge >= 0.3 is 5.76 Å². The Hall–Kier alpha value is -2.82. The highest BCUT2D eigenvalue weighted by molar-refractivity contribution is 5.76. The van der Waals surface area contributed by atoms with Crippen LogP contribution >= 0.6 is 0 Å². The zero-order valence-corrected chi connectivity index (χ0v) is 13.6. The van der Waals surface area contributed by atoms with Crippen molar-refractivity contribution in [3.63, 3.8) is 0 Å². The number of aromatic nitrogens is 1. The molecule has 0 bridgehead atoms. The lowest BCUT2D eigenvalue weighted by Gasteiger charge is -2.13. The molecular weight excluding hydrogens is 304 g/mol. The first-order valence-electron chi connectivity index (χ1n) is 8.05. The van der Waals surface area contributed by atoms with E-state index < -0.39 is 5.76 Å². The summed E-state index contributed by atoms with van der Waals surface area (Å²) in [4.78, 5) is 23.9. The summed E-state index contributed by atoms with van der Waals surface area (Å²) in [6, 6.07) is 17.3. The molecule has 1 heterocycles. The molecule has 5 heteroatoms. The van der Waals surface area contributed by atoms with E-state index in [4.69, 9.17) is 4.42 Å². The van der Waals surface area contributed by atoms with Crippen LogP contribution in [0.4, 0.5) is 0 Å². The first-order chi connectivity index (χ1) is 11.6. The molecule has 3 aromatic rings. The van der Waals surface area contributed by atoms with Crippen molar-refractivity contribution >= 4 is 17.0 Å². The maximum Gasteiger partial charge on any atom is 0.419 e. The smallest absolute Gasteiger partial charge is 0.408 e. The Morgan fingerprint density at radius 2 is 1.83 bits per heavy atom. The summed E-state index contributed by atoms with van der Waals surface area (Å²) in [5, 5.41) is 2.93. The largest absolute Gasteiger partial charge is 0.419 e. The normalized spacial score (nSPS) is 12.2. The summed E-state index contributed by atoms with van der Waals surface area (Å²) in [6.07, 6.45) is 0.241. The van der Waals surface area contributed by atoms with Crippen LogP contribution in [0, 0.1) is 0 Å². The van der Waals surface area contributed by atoms with Crippen LogP contribution in [0.5, 0.6) is 0 Å². The number of nitrogens with zero attached hydrogens (tertiary/aromatic N) is 1.